The average molecular weight is 361 g/mol. The SMILES string of the molecule is CC(C)(C)c1ccccc1OP(=O)([O-])Oc1ccccc1C(C)(C)C. The second-order valence-electron chi connectivity index (χ2n) is 8.12. The number of benzene rings is 2. The summed E-state index contributed by atoms with van der Waals surface area (Å²) >= 11 is 0. The molecule has 0 radical (unpaired) electrons. The molecule has 0 aliphatic heterocycles. The maximum absolute atomic E-state index is 12.5. The molecule has 0 spiro atoms. The summed E-state index contributed by atoms with van der Waals surface area (Å²) in [4.78, 5) is 12.5. The molecule has 4 nitrogen and oxygen atoms in total. The molecule has 0 bridgehead atoms. The topological polar surface area (TPSA) is 58.6 Å². The van der Waals surface area contributed by atoms with Gasteiger partial charge in [-0.25, -0.2) is 4.57 Å². The van der Waals surface area contributed by atoms with Gasteiger partial charge in [-0.3, -0.25) is 0 Å². The molecule has 2 aromatic carbocycles. The molecule has 0 atom stereocenters. The van der Waals surface area contributed by atoms with Gasteiger partial charge in [0, 0.05) is 11.1 Å². The molecule has 0 aliphatic carbocycles. The minimum absolute atomic E-state index is 0.250. The van der Waals surface area contributed by atoms with Crippen molar-refractivity contribution in [1.82, 2.24) is 0 Å². The molecule has 0 N–H and O–H groups in total. The number of hydrogen-bond donors (Lipinski definition) is 0. The molecular formula is C20H26O4P-. The molecule has 0 aliphatic rings. The lowest BCUT2D eigenvalue weighted by Crippen LogP contribution is -2.19. The van der Waals surface area contributed by atoms with Gasteiger partial charge in [-0.1, -0.05) is 77.9 Å². The van der Waals surface area contributed by atoms with Crippen molar-refractivity contribution in [1.29, 1.82) is 0 Å². The highest BCUT2D eigenvalue weighted by Crippen LogP contribution is 2.46. The Kier molecular flexibility index (Phi) is 5.36. The van der Waals surface area contributed by atoms with Crippen LogP contribution in [0.5, 0.6) is 11.5 Å². The van der Waals surface area contributed by atoms with Crippen molar-refractivity contribution in [2.75, 3.05) is 0 Å². The van der Waals surface area contributed by atoms with Gasteiger partial charge in [0.2, 0.25) is 0 Å². The Bertz CT molecular complexity index is 721. The van der Waals surface area contributed by atoms with Gasteiger partial charge in [0.25, 0.3) is 0 Å². The van der Waals surface area contributed by atoms with Crippen molar-refractivity contribution in [2.24, 2.45) is 0 Å². The third kappa shape index (κ3) is 5.10. The zero-order valence-electron chi connectivity index (χ0n) is 15.7. The average Bonchev–Trinajstić information content (AvgIpc) is 2.45. The first kappa shape index (κ1) is 19.6. The lowest BCUT2D eigenvalue weighted by Gasteiger charge is -2.30. The first-order valence-electron chi connectivity index (χ1n) is 8.29. The molecule has 25 heavy (non-hydrogen) atoms. The summed E-state index contributed by atoms with van der Waals surface area (Å²) in [5.74, 6) is 0.586. The smallest absolute Gasteiger partial charge is 0.372 e. The van der Waals surface area contributed by atoms with E-state index in [1.165, 1.54) is 0 Å². The zero-order valence-corrected chi connectivity index (χ0v) is 16.6. The van der Waals surface area contributed by atoms with Gasteiger partial charge in [0.1, 0.15) is 11.5 Å². The van der Waals surface area contributed by atoms with Crippen molar-refractivity contribution in [3.8, 4) is 11.5 Å². The predicted octanol–water partition coefficient (Wildman–Crippen LogP) is 5.21. The number of hydrogen-bond acceptors (Lipinski definition) is 4. The molecule has 0 amide bonds. The molecule has 5 heteroatoms. The third-order valence-corrected chi connectivity index (χ3v) is 4.65. The van der Waals surface area contributed by atoms with Gasteiger partial charge >= 0.3 is 7.82 Å². The fourth-order valence-corrected chi connectivity index (χ4v) is 3.43. The quantitative estimate of drug-likeness (QED) is 0.702. The van der Waals surface area contributed by atoms with Crippen molar-refractivity contribution in [2.45, 2.75) is 52.4 Å². The minimum Gasteiger partial charge on any atom is -0.736 e. The highest BCUT2D eigenvalue weighted by Gasteiger charge is 2.25. The summed E-state index contributed by atoms with van der Waals surface area (Å²) in [6, 6.07) is 14.2. The van der Waals surface area contributed by atoms with E-state index in [-0.39, 0.29) is 10.8 Å². The molecule has 0 heterocycles. The summed E-state index contributed by atoms with van der Waals surface area (Å²) in [5.41, 5.74) is 1.11. The summed E-state index contributed by atoms with van der Waals surface area (Å²) in [6.07, 6.45) is 0. The Hall–Kier alpha value is -1.77. The van der Waals surface area contributed by atoms with Crippen LogP contribution in [0.1, 0.15) is 52.7 Å². The Morgan fingerprint density at radius 3 is 1.36 bits per heavy atom. The first-order valence-corrected chi connectivity index (χ1v) is 9.75. The summed E-state index contributed by atoms with van der Waals surface area (Å²) in [7, 11) is -4.58. The second kappa shape index (κ2) is 6.86. The summed E-state index contributed by atoms with van der Waals surface area (Å²) in [6.45, 7) is 12.0. The van der Waals surface area contributed by atoms with Crippen LogP contribution in [0.25, 0.3) is 0 Å². The highest BCUT2D eigenvalue weighted by atomic mass is 31.2. The van der Waals surface area contributed by atoms with E-state index in [1.807, 2.05) is 65.8 Å². The van der Waals surface area contributed by atoms with Gasteiger partial charge in [-0.2, -0.15) is 0 Å². The summed E-state index contributed by atoms with van der Waals surface area (Å²) < 4.78 is 23.1. The van der Waals surface area contributed by atoms with Crippen molar-refractivity contribution in [3.63, 3.8) is 0 Å². The van der Waals surface area contributed by atoms with Gasteiger partial charge < -0.3 is 13.9 Å². The maximum atomic E-state index is 12.5. The van der Waals surface area contributed by atoms with Gasteiger partial charge in [-0.15, -0.1) is 0 Å². The van der Waals surface area contributed by atoms with E-state index in [1.54, 1.807) is 24.3 Å². The summed E-state index contributed by atoms with van der Waals surface area (Å²) in [5, 5.41) is 0. The molecule has 2 aromatic rings. The fraction of sp³-hybridized carbons (Fsp3) is 0.400. The van der Waals surface area contributed by atoms with Crippen LogP contribution in [0.2, 0.25) is 0 Å². The van der Waals surface area contributed by atoms with Crippen LogP contribution >= 0.6 is 7.82 Å². The lowest BCUT2D eigenvalue weighted by molar-refractivity contribution is -0.208. The molecule has 0 fully saturated rings. The van der Waals surface area contributed by atoms with E-state index < -0.39 is 7.82 Å². The van der Waals surface area contributed by atoms with E-state index in [4.69, 9.17) is 9.05 Å². The van der Waals surface area contributed by atoms with Crippen molar-refractivity contribution >= 4 is 7.82 Å². The predicted molar refractivity (Wildman–Crippen MR) is 99.1 cm³/mol. The van der Waals surface area contributed by atoms with Crippen LogP contribution in [0, 0.1) is 0 Å². The van der Waals surface area contributed by atoms with Crippen LogP contribution in [-0.2, 0) is 15.4 Å². The van der Waals surface area contributed by atoms with E-state index in [2.05, 4.69) is 0 Å². The normalized spacial score (nSPS) is 12.8. The van der Waals surface area contributed by atoms with Crippen LogP contribution < -0.4 is 13.9 Å². The monoisotopic (exact) mass is 361 g/mol. The van der Waals surface area contributed by atoms with Gasteiger partial charge in [0.05, 0.1) is 0 Å². The number of rotatable bonds is 4. The second-order valence-corrected chi connectivity index (χ2v) is 9.38. The van der Waals surface area contributed by atoms with E-state index in [0.29, 0.717) is 11.5 Å². The standard InChI is InChI=1S/C20H27O4P/c1-19(2,3)15-11-7-9-13-17(15)23-25(21,22)24-18-14-10-8-12-16(18)20(4,5)6/h7-14H,1-6H3,(H,21,22)/p-1. The number of phosphoric ester groups is 1. The largest absolute Gasteiger partial charge is 0.736 e. The highest BCUT2D eigenvalue weighted by molar-refractivity contribution is 7.46. The van der Waals surface area contributed by atoms with E-state index in [9.17, 15) is 9.46 Å². The van der Waals surface area contributed by atoms with E-state index >= 15 is 0 Å². The Labute approximate surface area is 150 Å². The molecular weight excluding hydrogens is 335 g/mol. The molecule has 0 saturated carbocycles. The van der Waals surface area contributed by atoms with Crippen LogP contribution in [-0.4, -0.2) is 0 Å². The van der Waals surface area contributed by atoms with Gasteiger partial charge in [-0.05, 0) is 23.0 Å². The Morgan fingerprint density at radius 1 is 0.720 bits per heavy atom. The van der Waals surface area contributed by atoms with Crippen molar-refractivity contribution in [3.05, 3.63) is 59.7 Å². The van der Waals surface area contributed by atoms with Crippen LogP contribution in [0.3, 0.4) is 0 Å². The van der Waals surface area contributed by atoms with Crippen molar-refractivity contribution < 1.29 is 18.5 Å². The molecule has 2 rings (SSSR count). The number of phosphoric acid groups is 1. The first-order chi connectivity index (χ1) is 11.4. The third-order valence-electron chi connectivity index (χ3n) is 3.81. The van der Waals surface area contributed by atoms with E-state index in [0.717, 1.165) is 11.1 Å². The Morgan fingerprint density at radius 2 is 1.04 bits per heavy atom. The molecule has 0 saturated heterocycles. The van der Waals surface area contributed by atoms with Gasteiger partial charge in [0.15, 0.2) is 0 Å². The van der Waals surface area contributed by atoms with Crippen LogP contribution in [0.15, 0.2) is 48.5 Å². The zero-order chi connectivity index (χ0) is 18.9. The Balaban J connectivity index is 2.33. The van der Waals surface area contributed by atoms with Crippen LogP contribution in [0.4, 0.5) is 0 Å². The molecule has 136 valence electrons. The lowest BCUT2D eigenvalue weighted by atomic mass is 9.86. The molecule has 0 aromatic heterocycles. The minimum atomic E-state index is -4.58. The molecule has 0 unspecified atom stereocenters. The fourth-order valence-electron chi connectivity index (χ4n) is 2.59. The maximum Gasteiger partial charge on any atom is 0.372 e. The number of para-hydroxylation sites is 2.